The number of alkyl halides is 2. The Hall–Kier alpha value is -0.770. The van der Waals surface area contributed by atoms with Crippen LogP contribution in [0.4, 0.5) is 0 Å². The molecule has 108 valence electrons. The van der Waals surface area contributed by atoms with Crippen molar-refractivity contribution in [3.05, 3.63) is 33.3 Å². The zero-order valence-electron chi connectivity index (χ0n) is 10.8. The highest BCUT2D eigenvalue weighted by molar-refractivity contribution is 6.60. The molecule has 1 aliphatic carbocycles. The molecule has 0 unspecified atom stereocenters. The van der Waals surface area contributed by atoms with Crippen molar-refractivity contribution in [2.24, 2.45) is 0 Å². The number of ketones is 1. The topological polar surface area (TPSA) is 54.4 Å². The van der Waals surface area contributed by atoms with E-state index in [2.05, 4.69) is 0 Å². The number of hydrogen-bond donors (Lipinski definition) is 1. The predicted molar refractivity (Wildman–Crippen MR) is 79.2 cm³/mol. The lowest BCUT2D eigenvalue weighted by atomic mass is 9.83. The van der Waals surface area contributed by atoms with Crippen molar-refractivity contribution in [2.75, 3.05) is 0 Å². The summed E-state index contributed by atoms with van der Waals surface area (Å²) in [6, 6.07) is 1.76. The van der Waals surface area contributed by atoms with Crippen LogP contribution in [0.5, 0.6) is 0 Å². The fourth-order valence-corrected chi connectivity index (χ4v) is 3.24. The highest BCUT2D eigenvalue weighted by Gasteiger charge is 2.41. The molecule has 1 aromatic rings. The van der Waals surface area contributed by atoms with Gasteiger partial charge in [-0.15, -0.1) is 0 Å². The second-order valence-electron chi connectivity index (χ2n) is 4.93. The first-order valence-electron chi connectivity index (χ1n) is 6.19. The summed E-state index contributed by atoms with van der Waals surface area (Å²) in [6.07, 6.45) is 1.02. The third-order valence-electron chi connectivity index (χ3n) is 3.55. The smallest absolute Gasteiger partial charge is 0.303 e. The zero-order chi connectivity index (χ0) is 15.1. The molecule has 0 aliphatic heterocycles. The molecule has 0 saturated heterocycles. The third kappa shape index (κ3) is 2.80. The number of aryl methyl sites for hydroxylation is 1. The van der Waals surface area contributed by atoms with E-state index >= 15 is 0 Å². The minimum atomic E-state index is -1.46. The monoisotopic (exact) mass is 334 g/mol. The normalized spacial score (nSPS) is 16.9. The van der Waals surface area contributed by atoms with E-state index in [4.69, 9.17) is 39.9 Å². The first-order valence-corrected chi connectivity index (χ1v) is 7.32. The van der Waals surface area contributed by atoms with Crippen LogP contribution in [0.3, 0.4) is 0 Å². The van der Waals surface area contributed by atoms with E-state index in [9.17, 15) is 9.59 Å². The molecule has 0 bridgehead atoms. The number of fused-ring (bicyclic) bond motifs is 1. The standard InChI is InChI=1S/C14H13Cl3O3/c1-7-6-10(15)9-4-5-14(16,17)13(20)12(9)8(7)2-3-11(18)19/h6H,2-5H2,1H3,(H,18,19). The van der Waals surface area contributed by atoms with Crippen LogP contribution in [0.1, 0.15) is 39.9 Å². The molecule has 0 radical (unpaired) electrons. The molecule has 0 aromatic heterocycles. The summed E-state index contributed by atoms with van der Waals surface area (Å²) in [5.74, 6) is -1.30. The Morgan fingerprint density at radius 2 is 2.10 bits per heavy atom. The van der Waals surface area contributed by atoms with E-state index in [0.717, 1.165) is 11.1 Å². The molecule has 6 heteroatoms. The largest absolute Gasteiger partial charge is 0.481 e. The Morgan fingerprint density at radius 3 is 2.70 bits per heavy atom. The number of carboxylic acid groups (broad SMARTS) is 1. The summed E-state index contributed by atoms with van der Waals surface area (Å²) in [5.41, 5.74) is 2.60. The number of carboxylic acids is 1. The van der Waals surface area contributed by atoms with Gasteiger partial charge in [0.05, 0.1) is 0 Å². The third-order valence-corrected chi connectivity index (χ3v) is 4.61. The first kappa shape index (κ1) is 15.6. The Kier molecular flexibility index (Phi) is 4.33. The van der Waals surface area contributed by atoms with E-state index in [-0.39, 0.29) is 18.6 Å². The summed E-state index contributed by atoms with van der Waals surface area (Å²) >= 11 is 18.3. The van der Waals surface area contributed by atoms with Crippen LogP contribution in [0.15, 0.2) is 6.07 Å². The van der Waals surface area contributed by atoms with Crippen LogP contribution >= 0.6 is 34.8 Å². The van der Waals surface area contributed by atoms with Crippen LogP contribution in [0, 0.1) is 6.92 Å². The van der Waals surface area contributed by atoms with Gasteiger partial charge in [0, 0.05) is 17.0 Å². The zero-order valence-corrected chi connectivity index (χ0v) is 13.1. The lowest BCUT2D eigenvalue weighted by Crippen LogP contribution is -2.33. The average molecular weight is 336 g/mol. The minimum absolute atomic E-state index is 0.0558. The molecule has 1 aromatic carbocycles. The summed E-state index contributed by atoms with van der Waals surface area (Å²) in [5, 5.41) is 9.34. The molecular formula is C14H13Cl3O3. The van der Waals surface area contributed by atoms with Crippen LogP contribution in [0.25, 0.3) is 0 Å². The van der Waals surface area contributed by atoms with Crippen molar-refractivity contribution < 1.29 is 14.7 Å². The Balaban J connectivity index is 2.58. The van der Waals surface area contributed by atoms with Crippen molar-refractivity contribution in [3.63, 3.8) is 0 Å². The predicted octanol–water partition coefficient (Wildman–Crippen LogP) is 3.97. The maximum Gasteiger partial charge on any atom is 0.303 e. The van der Waals surface area contributed by atoms with Gasteiger partial charge in [0.25, 0.3) is 0 Å². The van der Waals surface area contributed by atoms with Gasteiger partial charge in [-0.3, -0.25) is 9.59 Å². The molecule has 0 amide bonds. The summed E-state index contributed by atoms with van der Waals surface area (Å²) in [7, 11) is 0. The summed E-state index contributed by atoms with van der Waals surface area (Å²) < 4.78 is -1.46. The second kappa shape index (κ2) is 5.55. The number of benzene rings is 1. The molecule has 20 heavy (non-hydrogen) atoms. The van der Waals surface area contributed by atoms with E-state index in [0.29, 0.717) is 29.0 Å². The first-order chi connectivity index (χ1) is 9.24. The van der Waals surface area contributed by atoms with Crippen molar-refractivity contribution in [1.29, 1.82) is 0 Å². The van der Waals surface area contributed by atoms with Crippen molar-refractivity contribution in [1.82, 2.24) is 0 Å². The maximum atomic E-state index is 12.4. The van der Waals surface area contributed by atoms with Crippen LogP contribution in [-0.2, 0) is 17.6 Å². The molecule has 2 rings (SSSR count). The fourth-order valence-electron chi connectivity index (χ4n) is 2.51. The number of carbonyl (C=O) groups excluding carboxylic acids is 1. The van der Waals surface area contributed by atoms with E-state index < -0.39 is 10.3 Å². The summed E-state index contributed by atoms with van der Waals surface area (Å²) in [4.78, 5) is 23.2. The van der Waals surface area contributed by atoms with Gasteiger partial charge in [0.2, 0.25) is 0 Å². The van der Waals surface area contributed by atoms with Crippen LogP contribution < -0.4 is 0 Å². The number of halogens is 3. The molecule has 1 N–H and O–H groups in total. The molecular weight excluding hydrogens is 323 g/mol. The molecule has 0 heterocycles. The quantitative estimate of drug-likeness (QED) is 0.850. The van der Waals surface area contributed by atoms with Gasteiger partial charge in [-0.25, -0.2) is 0 Å². The van der Waals surface area contributed by atoms with Crippen molar-refractivity contribution >= 4 is 46.6 Å². The number of rotatable bonds is 3. The molecule has 3 nitrogen and oxygen atoms in total. The van der Waals surface area contributed by atoms with Crippen molar-refractivity contribution in [2.45, 2.75) is 36.9 Å². The highest BCUT2D eigenvalue weighted by atomic mass is 35.5. The molecule has 0 saturated carbocycles. The molecule has 0 fully saturated rings. The lowest BCUT2D eigenvalue weighted by Gasteiger charge is -2.29. The van der Waals surface area contributed by atoms with Gasteiger partial charge in [-0.05, 0) is 48.9 Å². The van der Waals surface area contributed by atoms with Gasteiger partial charge < -0.3 is 5.11 Å². The number of aliphatic carboxylic acids is 1. The Bertz CT molecular complexity index is 594. The highest BCUT2D eigenvalue weighted by Crippen LogP contribution is 2.41. The fraction of sp³-hybridized carbons (Fsp3) is 0.429. The Morgan fingerprint density at radius 1 is 1.45 bits per heavy atom. The van der Waals surface area contributed by atoms with Gasteiger partial charge >= 0.3 is 5.97 Å². The molecule has 0 atom stereocenters. The van der Waals surface area contributed by atoms with Gasteiger partial charge in [0.1, 0.15) is 0 Å². The van der Waals surface area contributed by atoms with E-state index in [1.165, 1.54) is 0 Å². The number of hydrogen-bond acceptors (Lipinski definition) is 2. The van der Waals surface area contributed by atoms with E-state index in [1.807, 2.05) is 0 Å². The van der Waals surface area contributed by atoms with Crippen LogP contribution in [-0.4, -0.2) is 21.2 Å². The molecule has 0 spiro atoms. The minimum Gasteiger partial charge on any atom is -0.481 e. The maximum absolute atomic E-state index is 12.4. The SMILES string of the molecule is Cc1cc(Cl)c2c(c1CCC(=O)O)C(=O)C(Cl)(Cl)CC2. The number of carbonyl (C=O) groups is 2. The van der Waals surface area contributed by atoms with Crippen LogP contribution in [0.2, 0.25) is 5.02 Å². The second-order valence-corrected chi connectivity index (χ2v) is 6.83. The molecule has 1 aliphatic rings. The Labute approximate surface area is 131 Å². The lowest BCUT2D eigenvalue weighted by molar-refractivity contribution is -0.136. The van der Waals surface area contributed by atoms with E-state index in [1.54, 1.807) is 13.0 Å². The number of Topliss-reactive ketones (excluding diaryl/α,β-unsaturated/α-hetero) is 1. The summed E-state index contributed by atoms with van der Waals surface area (Å²) in [6.45, 7) is 1.80. The van der Waals surface area contributed by atoms with Crippen molar-refractivity contribution in [3.8, 4) is 0 Å². The van der Waals surface area contributed by atoms with Gasteiger partial charge in [-0.1, -0.05) is 34.8 Å². The average Bonchev–Trinajstić information content (AvgIpc) is 2.33. The van der Waals surface area contributed by atoms with Gasteiger partial charge in [0.15, 0.2) is 10.1 Å². The van der Waals surface area contributed by atoms with Gasteiger partial charge in [-0.2, -0.15) is 0 Å².